The van der Waals surface area contributed by atoms with Crippen molar-refractivity contribution in [1.82, 2.24) is 0 Å². The predicted octanol–water partition coefficient (Wildman–Crippen LogP) is 4.58. The smallest absolute Gasteiger partial charge is 0.381 e. The maximum absolute atomic E-state index is 13.0. The van der Waals surface area contributed by atoms with Crippen molar-refractivity contribution in [3.63, 3.8) is 0 Å². The molecule has 0 aliphatic heterocycles. The molecule has 0 unspecified atom stereocenters. The molecule has 3 nitrogen and oxygen atoms in total. The highest BCUT2D eigenvalue weighted by molar-refractivity contribution is 5.90. The van der Waals surface area contributed by atoms with Gasteiger partial charge < -0.3 is 10.6 Å². The van der Waals surface area contributed by atoms with Crippen LogP contribution in [0.15, 0.2) is 42.5 Å². The Labute approximate surface area is 132 Å². The van der Waals surface area contributed by atoms with Gasteiger partial charge in [-0.1, -0.05) is 24.3 Å². The Hall–Kier alpha value is -2.50. The number of anilines is 2. The summed E-state index contributed by atoms with van der Waals surface area (Å²) in [5, 5.41) is 5.65. The van der Waals surface area contributed by atoms with E-state index in [4.69, 9.17) is 0 Å². The van der Waals surface area contributed by atoms with Crippen molar-refractivity contribution in [2.24, 2.45) is 0 Å². The minimum atomic E-state index is -4.38. The van der Waals surface area contributed by atoms with Gasteiger partial charge in [-0.3, -0.25) is 4.79 Å². The quantitative estimate of drug-likeness (QED) is 0.865. The molecule has 2 aromatic carbocycles. The van der Waals surface area contributed by atoms with Gasteiger partial charge in [0.25, 0.3) is 0 Å². The highest BCUT2D eigenvalue weighted by Gasteiger charge is 2.32. The lowest BCUT2D eigenvalue weighted by Crippen LogP contribution is -2.12. The molecular weight excluding hydrogens is 305 g/mol. The van der Waals surface area contributed by atoms with Crippen LogP contribution in [0.4, 0.5) is 24.5 Å². The van der Waals surface area contributed by atoms with Crippen LogP contribution in [0.25, 0.3) is 0 Å². The number of carbonyl (C=O) groups is 1. The van der Waals surface area contributed by atoms with Crippen molar-refractivity contribution in [1.29, 1.82) is 0 Å². The third kappa shape index (κ3) is 4.48. The van der Waals surface area contributed by atoms with Crippen molar-refractivity contribution < 1.29 is 18.0 Å². The molecule has 1 amide bonds. The normalized spacial score (nSPS) is 11.2. The zero-order valence-corrected chi connectivity index (χ0v) is 12.8. The second-order valence-corrected chi connectivity index (χ2v) is 5.22. The molecule has 0 aliphatic rings. The van der Waals surface area contributed by atoms with Crippen LogP contribution in [0.2, 0.25) is 0 Å². The Kier molecular flexibility index (Phi) is 4.93. The summed E-state index contributed by atoms with van der Waals surface area (Å²) < 4.78 is 38.9. The lowest BCUT2D eigenvalue weighted by molar-refractivity contribution is -0.138. The van der Waals surface area contributed by atoms with Gasteiger partial charge in [0.2, 0.25) is 5.91 Å². The lowest BCUT2D eigenvalue weighted by atomic mass is 10.1. The summed E-state index contributed by atoms with van der Waals surface area (Å²) in [6, 6.07) is 10.7. The predicted molar refractivity (Wildman–Crippen MR) is 84.3 cm³/mol. The van der Waals surface area contributed by atoms with Gasteiger partial charge in [-0.2, -0.15) is 13.2 Å². The number of hydrogen-bond acceptors (Lipinski definition) is 2. The SMILES string of the molecule is CC(=O)Nc1cc(NCc2ccccc2C(F)(F)F)ccc1C. The molecule has 2 N–H and O–H groups in total. The molecule has 0 heterocycles. The second kappa shape index (κ2) is 6.73. The van der Waals surface area contributed by atoms with Crippen LogP contribution in [0.1, 0.15) is 23.6 Å². The number of nitrogens with one attached hydrogen (secondary N) is 2. The first-order valence-electron chi connectivity index (χ1n) is 7.04. The maximum Gasteiger partial charge on any atom is 0.416 e. The van der Waals surface area contributed by atoms with Crippen molar-refractivity contribution in [2.45, 2.75) is 26.6 Å². The fraction of sp³-hybridized carbons (Fsp3) is 0.235. The molecular formula is C17H17F3N2O. The summed E-state index contributed by atoms with van der Waals surface area (Å²) in [5.41, 5.74) is 1.66. The van der Waals surface area contributed by atoms with Gasteiger partial charge >= 0.3 is 6.18 Å². The standard InChI is InChI=1S/C17H17F3N2O/c1-11-7-8-14(9-16(11)22-12(2)23)21-10-13-5-3-4-6-15(13)17(18,19)20/h3-9,21H,10H2,1-2H3,(H,22,23). The summed E-state index contributed by atoms with van der Waals surface area (Å²) in [4.78, 5) is 11.2. The Morgan fingerprint density at radius 1 is 1.13 bits per heavy atom. The monoisotopic (exact) mass is 322 g/mol. The first-order chi connectivity index (χ1) is 10.8. The molecule has 23 heavy (non-hydrogen) atoms. The number of hydrogen-bond donors (Lipinski definition) is 2. The van der Waals surface area contributed by atoms with Gasteiger partial charge in [0.15, 0.2) is 0 Å². The lowest BCUT2D eigenvalue weighted by Gasteiger charge is -2.15. The van der Waals surface area contributed by atoms with Crippen LogP contribution in [-0.4, -0.2) is 5.91 Å². The number of aryl methyl sites for hydroxylation is 1. The number of rotatable bonds is 4. The van der Waals surface area contributed by atoms with Crippen molar-refractivity contribution in [2.75, 3.05) is 10.6 Å². The van der Waals surface area contributed by atoms with Crippen LogP contribution in [0.3, 0.4) is 0 Å². The Morgan fingerprint density at radius 3 is 2.48 bits per heavy atom. The summed E-state index contributed by atoms with van der Waals surface area (Å²) in [6.45, 7) is 3.28. The van der Waals surface area contributed by atoms with Crippen molar-refractivity contribution >= 4 is 17.3 Å². The van der Waals surface area contributed by atoms with E-state index in [1.165, 1.54) is 19.1 Å². The molecule has 0 spiro atoms. The first kappa shape index (κ1) is 16.9. The van der Waals surface area contributed by atoms with E-state index in [-0.39, 0.29) is 18.0 Å². The van der Waals surface area contributed by atoms with Crippen LogP contribution in [0.5, 0.6) is 0 Å². The van der Waals surface area contributed by atoms with Crippen LogP contribution in [0, 0.1) is 6.92 Å². The maximum atomic E-state index is 13.0. The van der Waals surface area contributed by atoms with Gasteiger partial charge in [0.1, 0.15) is 0 Å². The summed E-state index contributed by atoms with van der Waals surface area (Å²) in [5.74, 6) is -0.201. The highest BCUT2D eigenvalue weighted by atomic mass is 19.4. The number of amides is 1. The third-order valence-electron chi connectivity index (χ3n) is 3.35. The molecule has 0 saturated heterocycles. The van der Waals surface area contributed by atoms with Crippen molar-refractivity contribution in [3.05, 3.63) is 59.2 Å². The van der Waals surface area contributed by atoms with E-state index in [9.17, 15) is 18.0 Å². The summed E-state index contributed by atoms with van der Waals surface area (Å²) in [7, 11) is 0. The van der Waals surface area contributed by atoms with Gasteiger partial charge in [0, 0.05) is 24.8 Å². The highest BCUT2D eigenvalue weighted by Crippen LogP contribution is 2.32. The molecule has 122 valence electrons. The average Bonchev–Trinajstić information content (AvgIpc) is 2.47. The molecule has 2 aromatic rings. The van der Waals surface area contributed by atoms with Gasteiger partial charge in [-0.05, 0) is 36.2 Å². The van der Waals surface area contributed by atoms with Gasteiger partial charge in [0.05, 0.1) is 5.56 Å². The fourth-order valence-corrected chi connectivity index (χ4v) is 2.20. The van der Waals surface area contributed by atoms with Crippen molar-refractivity contribution in [3.8, 4) is 0 Å². The van der Waals surface area contributed by atoms with E-state index in [1.807, 2.05) is 6.92 Å². The van der Waals surface area contributed by atoms with Gasteiger partial charge in [-0.15, -0.1) is 0 Å². The summed E-state index contributed by atoms with van der Waals surface area (Å²) in [6.07, 6.45) is -4.38. The number of alkyl halides is 3. The van der Waals surface area contributed by atoms with E-state index in [0.717, 1.165) is 11.6 Å². The largest absolute Gasteiger partial charge is 0.416 e. The molecule has 6 heteroatoms. The molecule has 0 atom stereocenters. The Morgan fingerprint density at radius 2 is 1.83 bits per heavy atom. The second-order valence-electron chi connectivity index (χ2n) is 5.22. The van der Waals surface area contributed by atoms with Gasteiger partial charge in [-0.25, -0.2) is 0 Å². The van der Waals surface area contributed by atoms with E-state index in [2.05, 4.69) is 10.6 Å². The minimum absolute atomic E-state index is 0.0399. The molecule has 2 rings (SSSR count). The molecule has 0 saturated carbocycles. The molecule has 0 bridgehead atoms. The fourth-order valence-electron chi connectivity index (χ4n) is 2.20. The zero-order chi connectivity index (χ0) is 17.0. The van der Waals surface area contributed by atoms with E-state index >= 15 is 0 Å². The minimum Gasteiger partial charge on any atom is -0.381 e. The average molecular weight is 322 g/mol. The molecule has 0 radical (unpaired) electrons. The summed E-state index contributed by atoms with van der Waals surface area (Å²) >= 11 is 0. The first-order valence-corrected chi connectivity index (χ1v) is 7.04. The van der Waals surface area contributed by atoms with E-state index < -0.39 is 11.7 Å². The zero-order valence-electron chi connectivity index (χ0n) is 12.8. The number of carbonyl (C=O) groups excluding carboxylic acids is 1. The Balaban J connectivity index is 2.17. The van der Waals surface area contributed by atoms with Crippen LogP contribution in [-0.2, 0) is 17.5 Å². The third-order valence-corrected chi connectivity index (χ3v) is 3.35. The topological polar surface area (TPSA) is 41.1 Å². The van der Waals surface area contributed by atoms with Crippen LogP contribution >= 0.6 is 0 Å². The molecule has 0 fully saturated rings. The van der Waals surface area contributed by atoms with E-state index in [1.54, 1.807) is 24.3 Å². The van der Waals surface area contributed by atoms with Crippen LogP contribution < -0.4 is 10.6 Å². The number of halogens is 3. The molecule has 0 aliphatic carbocycles. The molecule has 0 aromatic heterocycles. The van der Waals surface area contributed by atoms with E-state index in [0.29, 0.717) is 11.4 Å². The Bertz CT molecular complexity index is 711. The number of benzene rings is 2.